The van der Waals surface area contributed by atoms with Crippen LogP contribution in [0.3, 0.4) is 0 Å². The van der Waals surface area contributed by atoms with Gasteiger partial charge in [0, 0.05) is 46.0 Å². The van der Waals surface area contributed by atoms with Crippen molar-refractivity contribution in [3.8, 4) is 0 Å². The van der Waals surface area contributed by atoms with Gasteiger partial charge in [0.2, 0.25) is 5.91 Å². The first-order chi connectivity index (χ1) is 11.0. The number of rotatable bonds is 4. The van der Waals surface area contributed by atoms with E-state index in [4.69, 9.17) is 4.74 Å². The number of carbonyl (C=O) groups excluding carboxylic acids is 1. The molecule has 0 saturated carbocycles. The van der Waals surface area contributed by atoms with Crippen molar-refractivity contribution in [1.29, 1.82) is 0 Å². The van der Waals surface area contributed by atoms with E-state index in [0.717, 1.165) is 44.8 Å². The third-order valence-corrected chi connectivity index (χ3v) is 5.51. The minimum atomic E-state index is 0.207. The van der Waals surface area contributed by atoms with Gasteiger partial charge in [-0.25, -0.2) is 0 Å². The Morgan fingerprint density at radius 2 is 2.13 bits per heavy atom. The third-order valence-electron chi connectivity index (χ3n) is 5.51. The van der Waals surface area contributed by atoms with Crippen molar-refractivity contribution >= 4 is 5.91 Å². The first-order valence-electron chi connectivity index (χ1n) is 8.47. The number of ether oxygens (including phenoxy) is 1. The van der Waals surface area contributed by atoms with Gasteiger partial charge in [0.05, 0.1) is 18.7 Å². The molecule has 6 nitrogen and oxygen atoms in total. The van der Waals surface area contributed by atoms with E-state index in [1.165, 1.54) is 6.42 Å². The van der Waals surface area contributed by atoms with Crippen LogP contribution in [-0.4, -0.2) is 71.9 Å². The SMILES string of the molecule is COCC1CC2(CCN(C(=O)Cc3ccn(C)n3)CC2)CN1C. The lowest BCUT2D eigenvalue weighted by Crippen LogP contribution is -2.44. The van der Waals surface area contributed by atoms with Crippen LogP contribution in [0.1, 0.15) is 25.0 Å². The zero-order valence-electron chi connectivity index (χ0n) is 14.5. The lowest BCUT2D eigenvalue weighted by molar-refractivity contribution is -0.132. The fourth-order valence-electron chi connectivity index (χ4n) is 4.17. The van der Waals surface area contributed by atoms with Gasteiger partial charge in [-0.15, -0.1) is 0 Å². The molecule has 0 aromatic carbocycles. The summed E-state index contributed by atoms with van der Waals surface area (Å²) in [6, 6.07) is 2.45. The molecule has 23 heavy (non-hydrogen) atoms. The second-order valence-corrected chi connectivity index (χ2v) is 7.27. The molecule has 128 valence electrons. The fourth-order valence-corrected chi connectivity index (χ4v) is 4.17. The van der Waals surface area contributed by atoms with Gasteiger partial charge < -0.3 is 14.5 Å². The lowest BCUT2D eigenvalue weighted by Gasteiger charge is -2.39. The summed E-state index contributed by atoms with van der Waals surface area (Å²) in [5.41, 5.74) is 1.23. The summed E-state index contributed by atoms with van der Waals surface area (Å²) in [5, 5.41) is 4.31. The van der Waals surface area contributed by atoms with Crippen LogP contribution in [0.2, 0.25) is 0 Å². The molecule has 2 aliphatic heterocycles. The molecule has 6 heteroatoms. The van der Waals surface area contributed by atoms with E-state index in [1.807, 2.05) is 24.2 Å². The minimum absolute atomic E-state index is 0.207. The Kier molecular flexibility index (Phi) is 4.73. The highest BCUT2D eigenvalue weighted by Gasteiger charge is 2.44. The van der Waals surface area contributed by atoms with Crippen molar-refractivity contribution in [1.82, 2.24) is 19.6 Å². The van der Waals surface area contributed by atoms with Crippen LogP contribution in [0.15, 0.2) is 12.3 Å². The van der Waals surface area contributed by atoms with Gasteiger partial charge in [0.1, 0.15) is 0 Å². The van der Waals surface area contributed by atoms with Gasteiger partial charge in [0.15, 0.2) is 0 Å². The van der Waals surface area contributed by atoms with E-state index in [1.54, 1.807) is 11.8 Å². The first-order valence-corrected chi connectivity index (χ1v) is 8.47. The van der Waals surface area contributed by atoms with Gasteiger partial charge in [-0.05, 0) is 37.8 Å². The number of hydrogen-bond donors (Lipinski definition) is 0. The summed E-state index contributed by atoms with van der Waals surface area (Å²) >= 11 is 0. The zero-order valence-corrected chi connectivity index (χ0v) is 14.5. The topological polar surface area (TPSA) is 50.6 Å². The van der Waals surface area contributed by atoms with Crippen molar-refractivity contribution in [3.63, 3.8) is 0 Å². The number of piperidine rings is 1. The second kappa shape index (κ2) is 6.61. The van der Waals surface area contributed by atoms with E-state index in [2.05, 4.69) is 17.0 Å². The lowest BCUT2D eigenvalue weighted by atomic mass is 9.76. The van der Waals surface area contributed by atoms with E-state index < -0.39 is 0 Å². The zero-order chi connectivity index (χ0) is 16.4. The molecule has 1 amide bonds. The van der Waals surface area contributed by atoms with Crippen molar-refractivity contribution in [2.24, 2.45) is 12.5 Å². The molecule has 1 spiro atoms. The van der Waals surface area contributed by atoms with Crippen LogP contribution in [0, 0.1) is 5.41 Å². The van der Waals surface area contributed by atoms with Crippen LogP contribution in [0.4, 0.5) is 0 Å². The molecule has 3 rings (SSSR count). The molecule has 2 fully saturated rings. The largest absolute Gasteiger partial charge is 0.383 e. The molecule has 0 radical (unpaired) electrons. The van der Waals surface area contributed by atoms with Gasteiger partial charge >= 0.3 is 0 Å². The van der Waals surface area contributed by atoms with Gasteiger partial charge in [-0.3, -0.25) is 9.48 Å². The number of likely N-dealkylation sites (N-methyl/N-ethyl adjacent to an activating group) is 1. The van der Waals surface area contributed by atoms with Crippen LogP contribution in [0.25, 0.3) is 0 Å². The number of amides is 1. The fraction of sp³-hybridized carbons (Fsp3) is 0.765. The van der Waals surface area contributed by atoms with Crippen LogP contribution >= 0.6 is 0 Å². The van der Waals surface area contributed by atoms with E-state index >= 15 is 0 Å². The Labute approximate surface area is 138 Å². The summed E-state index contributed by atoms with van der Waals surface area (Å²) in [6.45, 7) is 3.68. The normalized spacial score (nSPS) is 24.5. The number of carbonyl (C=O) groups is 1. The third kappa shape index (κ3) is 3.58. The Balaban J connectivity index is 1.53. The number of likely N-dealkylation sites (tertiary alicyclic amines) is 2. The molecule has 2 aliphatic rings. The monoisotopic (exact) mass is 320 g/mol. The van der Waals surface area contributed by atoms with Crippen LogP contribution in [-0.2, 0) is 23.0 Å². The molecule has 0 N–H and O–H groups in total. The summed E-state index contributed by atoms with van der Waals surface area (Å²) in [5.74, 6) is 0.207. The Morgan fingerprint density at radius 3 is 2.74 bits per heavy atom. The maximum Gasteiger partial charge on any atom is 0.228 e. The molecule has 3 heterocycles. The number of nitrogens with zero attached hydrogens (tertiary/aromatic N) is 4. The highest BCUT2D eigenvalue weighted by atomic mass is 16.5. The predicted octanol–water partition coefficient (Wildman–Crippen LogP) is 0.922. The molecule has 1 aromatic rings. The van der Waals surface area contributed by atoms with Crippen molar-refractivity contribution in [3.05, 3.63) is 18.0 Å². The smallest absolute Gasteiger partial charge is 0.228 e. The Hall–Kier alpha value is -1.40. The quantitative estimate of drug-likeness (QED) is 0.828. The van der Waals surface area contributed by atoms with E-state index in [0.29, 0.717) is 17.9 Å². The van der Waals surface area contributed by atoms with Gasteiger partial charge in [-0.1, -0.05) is 0 Å². The second-order valence-electron chi connectivity index (χ2n) is 7.27. The molecule has 1 atom stereocenters. The number of hydrogen-bond acceptors (Lipinski definition) is 4. The Bertz CT molecular complexity index is 549. The molecular formula is C17H28N4O2. The first kappa shape index (κ1) is 16.5. The summed E-state index contributed by atoms with van der Waals surface area (Å²) in [4.78, 5) is 16.9. The van der Waals surface area contributed by atoms with Crippen molar-refractivity contribution in [2.75, 3.05) is 40.4 Å². The Morgan fingerprint density at radius 1 is 1.39 bits per heavy atom. The van der Waals surface area contributed by atoms with E-state index in [9.17, 15) is 4.79 Å². The van der Waals surface area contributed by atoms with Gasteiger partial charge in [0.25, 0.3) is 0 Å². The van der Waals surface area contributed by atoms with E-state index in [-0.39, 0.29) is 5.91 Å². The van der Waals surface area contributed by atoms with Crippen LogP contribution < -0.4 is 0 Å². The predicted molar refractivity (Wildman–Crippen MR) is 88.1 cm³/mol. The minimum Gasteiger partial charge on any atom is -0.383 e. The average Bonchev–Trinajstić information content (AvgIpc) is 3.04. The maximum atomic E-state index is 12.5. The standard InChI is InChI=1S/C17H28N4O2/c1-19-13-17(11-15(19)12-23-3)5-8-21(9-6-17)16(22)10-14-4-7-20(2)18-14/h4,7,15H,5-6,8-13H2,1-3H3. The van der Waals surface area contributed by atoms with Gasteiger partial charge in [-0.2, -0.15) is 5.10 Å². The molecular weight excluding hydrogens is 292 g/mol. The maximum absolute atomic E-state index is 12.5. The molecule has 1 unspecified atom stereocenters. The molecule has 0 aliphatic carbocycles. The summed E-state index contributed by atoms with van der Waals surface area (Å²) in [7, 11) is 5.85. The van der Waals surface area contributed by atoms with Crippen LogP contribution in [0.5, 0.6) is 0 Å². The summed E-state index contributed by atoms with van der Waals surface area (Å²) in [6.07, 6.45) is 5.70. The highest BCUT2D eigenvalue weighted by Crippen LogP contribution is 2.42. The average molecular weight is 320 g/mol. The molecule has 0 bridgehead atoms. The molecule has 2 saturated heterocycles. The highest BCUT2D eigenvalue weighted by molar-refractivity contribution is 5.78. The van der Waals surface area contributed by atoms with Crippen molar-refractivity contribution in [2.45, 2.75) is 31.7 Å². The number of aryl methyl sites for hydroxylation is 1. The summed E-state index contributed by atoms with van der Waals surface area (Å²) < 4.78 is 7.09. The number of methoxy groups -OCH3 is 1. The number of aromatic nitrogens is 2. The van der Waals surface area contributed by atoms with Crippen molar-refractivity contribution < 1.29 is 9.53 Å². The molecule has 1 aromatic heterocycles.